The molecule has 0 aliphatic rings. The summed E-state index contributed by atoms with van der Waals surface area (Å²) in [4.78, 5) is 26.4. The fourth-order valence-electron chi connectivity index (χ4n) is 1.98. The van der Waals surface area contributed by atoms with Gasteiger partial charge in [-0.05, 0) is 33.0 Å². The molecule has 2 amide bonds. The van der Waals surface area contributed by atoms with Gasteiger partial charge >= 0.3 is 12.0 Å². The molecule has 0 saturated heterocycles. The maximum absolute atomic E-state index is 11.9. The summed E-state index contributed by atoms with van der Waals surface area (Å²) in [6.45, 7) is 10.5. The van der Waals surface area contributed by atoms with Gasteiger partial charge in [0.15, 0.2) is 6.10 Å². The second-order valence-corrected chi connectivity index (χ2v) is 4.83. The minimum atomic E-state index is -1.43. The quantitative estimate of drug-likeness (QED) is 0.519. The van der Waals surface area contributed by atoms with Gasteiger partial charge in [0.2, 0.25) is 0 Å². The lowest BCUT2D eigenvalue weighted by atomic mass is 10.2. The van der Waals surface area contributed by atoms with Gasteiger partial charge in [-0.15, -0.1) is 0 Å². The molecule has 0 aliphatic heterocycles. The molecule has 124 valence electrons. The van der Waals surface area contributed by atoms with Crippen LogP contribution < -0.4 is 5.32 Å². The van der Waals surface area contributed by atoms with Crippen LogP contribution in [0.1, 0.15) is 33.6 Å². The van der Waals surface area contributed by atoms with Crippen LogP contribution in [0.4, 0.5) is 4.79 Å². The van der Waals surface area contributed by atoms with Crippen molar-refractivity contribution in [2.75, 3.05) is 39.3 Å². The topological polar surface area (TPSA) is 93.1 Å². The standard InChI is InChI=1S/C14H29N3O4/c1-4-16(5-2)10-7-11-17(6-3)14(21)15-9-8-12(18)13(19)20/h12,18H,4-11H2,1-3H3,(H,15,21)(H,19,20). The van der Waals surface area contributed by atoms with Crippen molar-refractivity contribution in [2.24, 2.45) is 0 Å². The molecule has 0 heterocycles. The molecule has 0 bridgehead atoms. The molecular formula is C14H29N3O4. The van der Waals surface area contributed by atoms with Crippen molar-refractivity contribution in [1.29, 1.82) is 0 Å². The number of carboxylic acid groups (broad SMARTS) is 1. The van der Waals surface area contributed by atoms with Crippen molar-refractivity contribution in [3.63, 3.8) is 0 Å². The monoisotopic (exact) mass is 303 g/mol. The molecule has 0 aromatic rings. The van der Waals surface area contributed by atoms with Gasteiger partial charge in [0.25, 0.3) is 0 Å². The van der Waals surface area contributed by atoms with E-state index in [1.807, 2.05) is 6.92 Å². The van der Waals surface area contributed by atoms with E-state index in [2.05, 4.69) is 24.1 Å². The Morgan fingerprint density at radius 3 is 2.19 bits per heavy atom. The molecule has 0 saturated carbocycles. The minimum absolute atomic E-state index is 0.0120. The number of rotatable bonds is 11. The SMILES string of the molecule is CCN(CC)CCCN(CC)C(=O)NCCC(O)C(=O)O. The summed E-state index contributed by atoms with van der Waals surface area (Å²) in [5.74, 6) is -1.27. The number of carbonyl (C=O) groups excluding carboxylic acids is 1. The summed E-state index contributed by atoms with van der Waals surface area (Å²) in [6, 6.07) is -0.213. The number of carboxylic acids is 1. The Balaban J connectivity index is 3.99. The fourth-order valence-corrected chi connectivity index (χ4v) is 1.98. The van der Waals surface area contributed by atoms with Gasteiger partial charge in [0, 0.05) is 26.1 Å². The van der Waals surface area contributed by atoms with Gasteiger partial charge in [-0.3, -0.25) is 0 Å². The predicted molar refractivity (Wildman–Crippen MR) is 81.3 cm³/mol. The van der Waals surface area contributed by atoms with Crippen LogP contribution in [0.3, 0.4) is 0 Å². The third-order valence-corrected chi connectivity index (χ3v) is 3.44. The van der Waals surface area contributed by atoms with E-state index in [0.717, 1.165) is 26.1 Å². The molecule has 0 aromatic carbocycles. The Bertz CT molecular complexity index is 309. The van der Waals surface area contributed by atoms with Gasteiger partial charge in [0.05, 0.1) is 0 Å². The molecule has 0 aromatic heterocycles. The second-order valence-electron chi connectivity index (χ2n) is 4.83. The van der Waals surface area contributed by atoms with Gasteiger partial charge in [-0.25, -0.2) is 9.59 Å². The number of urea groups is 1. The Kier molecular flexibility index (Phi) is 10.6. The van der Waals surface area contributed by atoms with Crippen LogP contribution in [0.5, 0.6) is 0 Å². The van der Waals surface area contributed by atoms with Crippen LogP contribution in [-0.2, 0) is 4.79 Å². The van der Waals surface area contributed by atoms with E-state index in [1.165, 1.54) is 0 Å². The number of aliphatic carboxylic acids is 1. The van der Waals surface area contributed by atoms with E-state index in [9.17, 15) is 9.59 Å². The number of hydrogen-bond donors (Lipinski definition) is 3. The Labute approximate surface area is 126 Å². The molecule has 7 nitrogen and oxygen atoms in total. The first-order valence-corrected chi connectivity index (χ1v) is 7.62. The van der Waals surface area contributed by atoms with Gasteiger partial charge in [0.1, 0.15) is 0 Å². The largest absolute Gasteiger partial charge is 0.479 e. The Morgan fingerprint density at radius 2 is 1.71 bits per heavy atom. The van der Waals surface area contributed by atoms with Crippen molar-refractivity contribution in [2.45, 2.75) is 39.7 Å². The first-order valence-electron chi connectivity index (χ1n) is 7.62. The Hall–Kier alpha value is -1.34. The van der Waals surface area contributed by atoms with Gasteiger partial charge < -0.3 is 25.3 Å². The van der Waals surface area contributed by atoms with E-state index in [1.54, 1.807) is 4.90 Å². The number of carbonyl (C=O) groups is 2. The van der Waals surface area contributed by atoms with Crippen LogP contribution >= 0.6 is 0 Å². The average Bonchev–Trinajstić information content (AvgIpc) is 2.47. The van der Waals surface area contributed by atoms with Crippen molar-refractivity contribution in [3.8, 4) is 0 Å². The average molecular weight is 303 g/mol. The zero-order chi connectivity index (χ0) is 16.3. The number of nitrogens with one attached hydrogen (secondary N) is 1. The molecule has 1 unspecified atom stereocenters. The lowest BCUT2D eigenvalue weighted by Crippen LogP contribution is -2.42. The lowest BCUT2D eigenvalue weighted by Gasteiger charge is -2.24. The molecule has 1 atom stereocenters. The van der Waals surface area contributed by atoms with Gasteiger partial charge in [-0.1, -0.05) is 13.8 Å². The summed E-state index contributed by atoms with van der Waals surface area (Å²) in [5, 5.41) is 20.3. The molecule has 0 aliphatic carbocycles. The molecular weight excluding hydrogens is 274 g/mol. The molecule has 7 heteroatoms. The van der Waals surface area contributed by atoms with Crippen LogP contribution in [0.15, 0.2) is 0 Å². The fraction of sp³-hybridized carbons (Fsp3) is 0.857. The zero-order valence-corrected chi connectivity index (χ0v) is 13.3. The molecule has 0 fully saturated rings. The highest BCUT2D eigenvalue weighted by atomic mass is 16.4. The lowest BCUT2D eigenvalue weighted by molar-refractivity contribution is -0.146. The molecule has 0 rings (SSSR count). The summed E-state index contributed by atoms with van der Waals surface area (Å²) in [7, 11) is 0. The number of aliphatic hydroxyl groups excluding tert-OH is 1. The van der Waals surface area contributed by atoms with Crippen molar-refractivity contribution >= 4 is 12.0 Å². The van der Waals surface area contributed by atoms with E-state index in [-0.39, 0.29) is 19.0 Å². The first kappa shape index (κ1) is 19.7. The van der Waals surface area contributed by atoms with Crippen LogP contribution in [0.2, 0.25) is 0 Å². The van der Waals surface area contributed by atoms with Crippen LogP contribution in [0, 0.1) is 0 Å². The highest BCUT2D eigenvalue weighted by Crippen LogP contribution is 1.97. The highest BCUT2D eigenvalue weighted by Gasteiger charge is 2.15. The maximum atomic E-state index is 11.9. The van der Waals surface area contributed by atoms with E-state index >= 15 is 0 Å². The second kappa shape index (κ2) is 11.3. The van der Waals surface area contributed by atoms with E-state index in [4.69, 9.17) is 10.2 Å². The first-order chi connectivity index (χ1) is 9.96. The van der Waals surface area contributed by atoms with Crippen LogP contribution in [-0.4, -0.2) is 77.4 Å². The van der Waals surface area contributed by atoms with Crippen molar-refractivity contribution < 1.29 is 19.8 Å². The van der Waals surface area contributed by atoms with E-state index in [0.29, 0.717) is 13.1 Å². The molecule has 0 spiro atoms. The number of hydrogen-bond acceptors (Lipinski definition) is 4. The molecule has 21 heavy (non-hydrogen) atoms. The van der Waals surface area contributed by atoms with E-state index < -0.39 is 12.1 Å². The van der Waals surface area contributed by atoms with Crippen LogP contribution in [0.25, 0.3) is 0 Å². The van der Waals surface area contributed by atoms with Gasteiger partial charge in [-0.2, -0.15) is 0 Å². The normalized spacial score (nSPS) is 12.2. The summed E-state index contributed by atoms with van der Waals surface area (Å²) >= 11 is 0. The minimum Gasteiger partial charge on any atom is -0.479 e. The molecule has 3 N–H and O–H groups in total. The number of aliphatic hydroxyl groups is 1. The highest BCUT2D eigenvalue weighted by molar-refractivity contribution is 5.74. The third kappa shape index (κ3) is 8.52. The van der Waals surface area contributed by atoms with Crippen molar-refractivity contribution in [1.82, 2.24) is 15.1 Å². The third-order valence-electron chi connectivity index (χ3n) is 3.44. The summed E-state index contributed by atoms with van der Waals surface area (Å²) < 4.78 is 0. The Morgan fingerprint density at radius 1 is 1.10 bits per heavy atom. The predicted octanol–water partition coefficient (Wildman–Crippen LogP) is 0.585. The maximum Gasteiger partial charge on any atom is 0.332 e. The summed E-state index contributed by atoms with van der Waals surface area (Å²) in [5.41, 5.74) is 0. The number of nitrogens with zero attached hydrogens (tertiary/aromatic N) is 2. The van der Waals surface area contributed by atoms with Crippen molar-refractivity contribution in [3.05, 3.63) is 0 Å². The number of amides is 2. The molecule has 0 radical (unpaired) electrons. The zero-order valence-electron chi connectivity index (χ0n) is 13.3. The smallest absolute Gasteiger partial charge is 0.332 e. The summed E-state index contributed by atoms with van der Waals surface area (Å²) in [6.07, 6.45) is -0.512.